The van der Waals surface area contributed by atoms with E-state index in [9.17, 15) is 8.42 Å². The van der Waals surface area contributed by atoms with E-state index in [1.807, 2.05) is 6.07 Å². The number of nitrogens with two attached hydrogens (primary N) is 1. The predicted molar refractivity (Wildman–Crippen MR) is 80.7 cm³/mol. The van der Waals surface area contributed by atoms with Gasteiger partial charge in [0.05, 0.1) is 4.90 Å². The quantitative estimate of drug-likeness (QED) is 0.876. The molecule has 0 bridgehead atoms. The molecule has 0 radical (unpaired) electrons. The summed E-state index contributed by atoms with van der Waals surface area (Å²) in [5.41, 5.74) is 0.961. The molecule has 2 rings (SSSR count). The van der Waals surface area contributed by atoms with Crippen LogP contribution in [-0.2, 0) is 10.0 Å². The van der Waals surface area contributed by atoms with Crippen LogP contribution < -0.4 is 10.5 Å². The van der Waals surface area contributed by atoms with Gasteiger partial charge in [0.15, 0.2) is 0 Å². The van der Waals surface area contributed by atoms with E-state index < -0.39 is 10.0 Å². The summed E-state index contributed by atoms with van der Waals surface area (Å²) in [5.74, 6) is 1.58. The van der Waals surface area contributed by atoms with Crippen molar-refractivity contribution in [2.75, 3.05) is 6.54 Å². The SMILES string of the molecule is CC1CCC(CNC(C)c2cccc(S(N)(=O)=O)c2)C1. The third-order valence-corrected chi connectivity index (χ3v) is 5.11. The Balaban J connectivity index is 1.97. The van der Waals surface area contributed by atoms with Crippen LogP contribution in [0.15, 0.2) is 29.2 Å². The standard InChI is InChI=1S/C15H24N2O2S/c1-11-6-7-13(8-11)10-17-12(2)14-4-3-5-15(9-14)20(16,18)19/h3-5,9,11-13,17H,6-8,10H2,1-2H3,(H2,16,18,19). The summed E-state index contributed by atoms with van der Waals surface area (Å²) < 4.78 is 22.7. The van der Waals surface area contributed by atoms with Gasteiger partial charge in [-0.25, -0.2) is 13.6 Å². The van der Waals surface area contributed by atoms with E-state index in [-0.39, 0.29) is 10.9 Å². The lowest BCUT2D eigenvalue weighted by molar-refractivity contribution is 0.440. The van der Waals surface area contributed by atoms with E-state index in [1.165, 1.54) is 25.3 Å². The molecule has 3 atom stereocenters. The molecular weight excluding hydrogens is 272 g/mol. The molecule has 0 amide bonds. The van der Waals surface area contributed by atoms with Gasteiger partial charge in [0.1, 0.15) is 0 Å². The highest BCUT2D eigenvalue weighted by molar-refractivity contribution is 7.89. The molecule has 3 unspecified atom stereocenters. The lowest BCUT2D eigenvalue weighted by Gasteiger charge is -2.18. The van der Waals surface area contributed by atoms with Crippen LogP contribution in [0.5, 0.6) is 0 Å². The molecule has 4 nitrogen and oxygen atoms in total. The Kier molecular flexibility index (Phi) is 4.83. The van der Waals surface area contributed by atoms with E-state index >= 15 is 0 Å². The lowest BCUT2D eigenvalue weighted by atomic mass is 10.0. The number of benzene rings is 1. The first-order valence-electron chi connectivity index (χ1n) is 7.22. The average Bonchev–Trinajstić information content (AvgIpc) is 2.81. The largest absolute Gasteiger partial charge is 0.310 e. The minimum absolute atomic E-state index is 0.132. The van der Waals surface area contributed by atoms with Crippen LogP contribution in [0.2, 0.25) is 0 Å². The highest BCUT2D eigenvalue weighted by Crippen LogP contribution is 2.30. The monoisotopic (exact) mass is 296 g/mol. The summed E-state index contributed by atoms with van der Waals surface area (Å²) >= 11 is 0. The third-order valence-electron chi connectivity index (χ3n) is 4.20. The molecule has 1 saturated carbocycles. The molecule has 3 N–H and O–H groups in total. The van der Waals surface area contributed by atoms with Gasteiger partial charge in [-0.15, -0.1) is 0 Å². The Morgan fingerprint density at radius 2 is 2.15 bits per heavy atom. The normalized spacial score (nSPS) is 24.8. The van der Waals surface area contributed by atoms with E-state index in [2.05, 4.69) is 19.2 Å². The van der Waals surface area contributed by atoms with Crippen LogP contribution in [0.1, 0.15) is 44.7 Å². The number of primary sulfonamides is 1. The molecule has 1 aliphatic rings. The van der Waals surface area contributed by atoms with E-state index in [4.69, 9.17) is 5.14 Å². The van der Waals surface area contributed by atoms with Crippen molar-refractivity contribution in [3.05, 3.63) is 29.8 Å². The van der Waals surface area contributed by atoms with Crippen molar-refractivity contribution < 1.29 is 8.42 Å². The average molecular weight is 296 g/mol. The molecule has 112 valence electrons. The minimum Gasteiger partial charge on any atom is -0.310 e. The van der Waals surface area contributed by atoms with Crippen LogP contribution in [0, 0.1) is 11.8 Å². The Morgan fingerprint density at radius 1 is 1.40 bits per heavy atom. The molecule has 1 aromatic rings. The summed E-state index contributed by atoms with van der Waals surface area (Å²) in [6.07, 6.45) is 3.90. The van der Waals surface area contributed by atoms with Gasteiger partial charge in [0.25, 0.3) is 0 Å². The number of sulfonamides is 1. The van der Waals surface area contributed by atoms with Crippen molar-refractivity contribution in [2.24, 2.45) is 17.0 Å². The second-order valence-corrected chi connectivity index (χ2v) is 7.59. The molecule has 1 aliphatic carbocycles. The van der Waals surface area contributed by atoms with Gasteiger partial charge in [0.2, 0.25) is 10.0 Å². The fourth-order valence-corrected chi connectivity index (χ4v) is 3.50. The molecule has 5 heteroatoms. The summed E-state index contributed by atoms with van der Waals surface area (Å²) in [6, 6.07) is 7.00. The minimum atomic E-state index is -3.62. The van der Waals surface area contributed by atoms with E-state index in [1.54, 1.807) is 12.1 Å². The highest BCUT2D eigenvalue weighted by Gasteiger charge is 2.21. The maximum absolute atomic E-state index is 11.4. The smallest absolute Gasteiger partial charge is 0.238 e. The summed E-state index contributed by atoms with van der Waals surface area (Å²) in [7, 11) is -3.62. The molecule has 1 aromatic carbocycles. The molecule has 0 spiro atoms. The Morgan fingerprint density at radius 3 is 2.75 bits per heavy atom. The Labute approximate surface area is 121 Å². The zero-order valence-corrected chi connectivity index (χ0v) is 13.0. The first-order valence-corrected chi connectivity index (χ1v) is 8.77. The van der Waals surface area contributed by atoms with Crippen molar-refractivity contribution in [3.8, 4) is 0 Å². The van der Waals surface area contributed by atoms with Crippen LogP contribution in [0.25, 0.3) is 0 Å². The maximum Gasteiger partial charge on any atom is 0.238 e. The second-order valence-electron chi connectivity index (χ2n) is 6.03. The van der Waals surface area contributed by atoms with Gasteiger partial charge < -0.3 is 5.32 Å². The van der Waals surface area contributed by atoms with Gasteiger partial charge >= 0.3 is 0 Å². The number of hydrogen-bond donors (Lipinski definition) is 2. The van der Waals surface area contributed by atoms with Crippen molar-refractivity contribution in [1.29, 1.82) is 0 Å². The molecule has 0 aromatic heterocycles. The molecule has 0 saturated heterocycles. The summed E-state index contributed by atoms with van der Waals surface area (Å²) in [6.45, 7) is 5.35. The molecular formula is C15H24N2O2S. The number of rotatable bonds is 5. The van der Waals surface area contributed by atoms with Crippen LogP contribution >= 0.6 is 0 Å². The van der Waals surface area contributed by atoms with Crippen molar-refractivity contribution >= 4 is 10.0 Å². The first kappa shape index (κ1) is 15.5. The van der Waals surface area contributed by atoms with E-state index in [0.717, 1.165) is 23.9 Å². The summed E-state index contributed by atoms with van der Waals surface area (Å²) in [5, 5.41) is 8.67. The summed E-state index contributed by atoms with van der Waals surface area (Å²) in [4.78, 5) is 0.179. The fraction of sp³-hybridized carbons (Fsp3) is 0.600. The number of hydrogen-bond acceptors (Lipinski definition) is 3. The topological polar surface area (TPSA) is 72.2 Å². The molecule has 0 aliphatic heterocycles. The fourth-order valence-electron chi connectivity index (χ4n) is 2.93. The predicted octanol–water partition coefficient (Wildman–Crippen LogP) is 2.42. The lowest BCUT2D eigenvalue weighted by Crippen LogP contribution is -2.25. The van der Waals surface area contributed by atoms with E-state index in [0.29, 0.717) is 0 Å². The Hall–Kier alpha value is -0.910. The van der Waals surface area contributed by atoms with Crippen molar-refractivity contribution in [2.45, 2.75) is 44.0 Å². The number of nitrogens with one attached hydrogen (secondary N) is 1. The zero-order valence-electron chi connectivity index (χ0n) is 12.2. The van der Waals surface area contributed by atoms with Gasteiger partial charge in [-0.05, 0) is 55.8 Å². The Bertz CT molecular complexity index is 557. The highest BCUT2D eigenvalue weighted by atomic mass is 32.2. The van der Waals surface area contributed by atoms with Crippen LogP contribution in [0.3, 0.4) is 0 Å². The molecule has 0 heterocycles. The first-order chi connectivity index (χ1) is 9.36. The molecule has 20 heavy (non-hydrogen) atoms. The van der Waals surface area contributed by atoms with Gasteiger partial charge in [-0.1, -0.05) is 25.5 Å². The molecule has 1 fully saturated rings. The zero-order chi connectivity index (χ0) is 14.8. The third kappa shape index (κ3) is 4.04. The van der Waals surface area contributed by atoms with Gasteiger partial charge in [-0.2, -0.15) is 0 Å². The van der Waals surface area contributed by atoms with Gasteiger partial charge in [0, 0.05) is 6.04 Å². The van der Waals surface area contributed by atoms with Crippen LogP contribution in [0.4, 0.5) is 0 Å². The van der Waals surface area contributed by atoms with Gasteiger partial charge in [-0.3, -0.25) is 0 Å². The van der Waals surface area contributed by atoms with Crippen molar-refractivity contribution in [3.63, 3.8) is 0 Å². The van der Waals surface area contributed by atoms with Crippen LogP contribution in [-0.4, -0.2) is 15.0 Å². The maximum atomic E-state index is 11.4. The van der Waals surface area contributed by atoms with Crippen molar-refractivity contribution in [1.82, 2.24) is 5.32 Å². The second kappa shape index (κ2) is 6.24.